The largest absolute Gasteiger partial charge is 0.416 e. The minimum absolute atomic E-state index is 0.627. The molecule has 0 fully saturated rings. The van der Waals surface area contributed by atoms with Crippen LogP contribution in [0.4, 0.5) is 13.2 Å². The number of hydrogen-bond acceptors (Lipinski definition) is 1. The summed E-state index contributed by atoms with van der Waals surface area (Å²) < 4.78 is 39.4. The zero-order valence-electron chi connectivity index (χ0n) is 10.7. The molecule has 0 amide bonds. The van der Waals surface area contributed by atoms with Gasteiger partial charge >= 0.3 is 6.18 Å². The van der Waals surface area contributed by atoms with E-state index in [0.29, 0.717) is 5.69 Å². The molecule has 0 saturated carbocycles. The molecule has 0 atom stereocenters. The smallest absolute Gasteiger partial charge is 0.233 e. The first-order valence-corrected chi connectivity index (χ1v) is 6.39. The maximum atomic E-state index is 12.6. The highest BCUT2D eigenvalue weighted by atomic mass is 19.4. The van der Waals surface area contributed by atoms with Crippen LogP contribution in [-0.4, -0.2) is 9.78 Å². The van der Waals surface area contributed by atoms with E-state index in [0.717, 1.165) is 48.2 Å². The Hall–Kier alpha value is -2.04. The van der Waals surface area contributed by atoms with Crippen molar-refractivity contribution in [2.24, 2.45) is 0 Å². The predicted octanol–water partition coefficient (Wildman–Crippen LogP) is 4.24. The maximum Gasteiger partial charge on any atom is 0.416 e. The van der Waals surface area contributed by atoms with Crippen molar-refractivity contribution in [2.45, 2.75) is 25.4 Å². The van der Waals surface area contributed by atoms with E-state index >= 15 is 0 Å². The summed E-state index contributed by atoms with van der Waals surface area (Å²) in [6.07, 6.45) is 0.349. The number of halogens is 3. The fourth-order valence-electron chi connectivity index (χ4n) is 2.54. The van der Waals surface area contributed by atoms with E-state index < -0.39 is 11.7 Å². The molecule has 2 nitrogen and oxygen atoms in total. The minimum Gasteiger partial charge on any atom is -0.233 e. The Bertz CT molecular complexity index is 651. The van der Waals surface area contributed by atoms with Crippen LogP contribution in [0.3, 0.4) is 0 Å². The van der Waals surface area contributed by atoms with E-state index in [-0.39, 0.29) is 0 Å². The lowest BCUT2D eigenvalue weighted by molar-refractivity contribution is -0.137. The van der Waals surface area contributed by atoms with Crippen molar-refractivity contribution in [3.8, 4) is 5.69 Å². The molecule has 1 aliphatic carbocycles. The highest BCUT2D eigenvalue weighted by Crippen LogP contribution is 2.32. The molecule has 0 unspecified atom stereocenters. The third-order valence-corrected chi connectivity index (χ3v) is 3.54. The molecule has 2 aromatic rings. The number of alkyl halides is 3. The van der Waals surface area contributed by atoms with Crippen molar-refractivity contribution in [3.05, 3.63) is 53.9 Å². The van der Waals surface area contributed by atoms with Crippen molar-refractivity contribution in [1.29, 1.82) is 0 Å². The molecular weight excluding hydrogens is 265 g/mol. The van der Waals surface area contributed by atoms with Crippen LogP contribution >= 0.6 is 0 Å². The molecule has 0 radical (unpaired) electrons. The molecule has 1 aliphatic rings. The number of nitrogens with zero attached hydrogens (tertiary/aromatic N) is 2. The summed E-state index contributed by atoms with van der Waals surface area (Å²) in [5, 5.41) is 4.28. The lowest BCUT2D eigenvalue weighted by atomic mass is 9.94. The van der Waals surface area contributed by atoms with Crippen LogP contribution in [0.25, 0.3) is 11.3 Å². The second-order valence-corrected chi connectivity index (χ2v) is 4.93. The Kier molecular flexibility index (Phi) is 2.92. The Morgan fingerprint density at radius 2 is 1.80 bits per heavy atom. The number of rotatable bonds is 1. The quantitative estimate of drug-likeness (QED) is 0.763. The summed E-state index contributed by atoms with van der Waals surface area (Å²) in [6, 6.07) is 5.04. The monoisotopic (exact) mass is 278 g/mol. The van der Waals surface area contributed by atoms with Gasteiger partial charge in [0.1, 0.15) is 0 Å². The molecule has 1 aromatic carbocycles. The molecular formula is C15H13F3N2. The Balaban J connectivity index is 2.02. The number of allylic oxidation sites excluding steroid dienone is 1. The van der Waals surface area contributed by atoms with Gasteiger partial charge in [-0.15, -0.1) is 0 Å². The van der Waals surface area contributed by atoms with Gasteiger partial charge in [-0.2, -0.15) is 18.3 Å². The lowest BCUT2D eigenvalue weighted by Gasteiger charge is -2.16. The minimum atomic E-state index is -4.31. The molecule has 1 aromatic heterocycles. The Morgan fingerprint density at radius 3 is 2.45 bits per heavy atom. The SMILES string of the molecule is C=C1CCCc2cnn(-c3ccc(C(F)(F)F)cc3)c21. The van der Waals surface area contributed by atoms with E-state index in [1.165, 1.54) is 12.1 Å². The van der Waals surface area contributed by atoms with E-state index in [1.807, 2.05) is 0 Å². The van der Waals surface area contributed by atoms with Crippen LogP contribution in [0.15, 0.2) is 37.0 Å². The van der Waals surface area contributed by atoms with E-state index in [2.05, 4.69) is 11.7 Å². The number of hydrogen-bond donors (Lipinski definition) is 0. The Labute approximate surface area is 114 Å². The summed E-state index contributed by atoms with van der Waals surface area (Å²) >= 11 is 0. The topological polar surface area (TPSA) is 17.8 Å². The van der Waals surface area contributed by atoms with Crippen molar-refractivity contribution in [1.82, 2.24) is 9.78 Å². The number of aryl methyl sites for hydroxylation is 1. The van der Waals surface area contributed by atoms with Crippen molar-refractivity contribution in [3.63, 3.8) is 0 Å². The average molecular weight is 278 g/mol. The van der Waals surface area contributed by atoms with E-state index in [9.17, 15) is 13.2 Å². The van der Waals surface area contributed by atoms with Crippen LogP contribution in [0.1, 0.15) is 29.7 Å². The van der Waals surface area contributed by atoms with Crippen LogP contribution in [0.2, 0.25) is 0 Å². The van der Waals surface area contributed by atoms with E-state index in [1.54, 1.807) is 10.9 Å². The molecule has 104 valence electrons. The molecule has 0 spiro atoms. The number of fused-ring (bicyclic) bond motifs is 1. The van der Waals surface area contributed by atoms with Crippen LogP contribution < -0.4 is 0 Å². The molecule has 20 heavy (non-hydrogen) atoms. The average Bonchev–Trinajstić information content (AvgIpc) is 2.83. The third kappa shape index (κ3) is 2.13. The van der Waals surface area contributed by atoms with Crippen LogP contribution in [-0.2, 0) is 12.6 Å². The first-order chi connectivity index (χ1) is 9.47. The van der Waals surface area contributed by atoms with Crippen LogP contribution in [0, 0.1) is 0 Å². The number of aromatic nitrogens is 2. The summed E-state index contributed by atoms with van der Waals surface area (Å²) in [6.45, 7) is 4.03. The first-order valence-electron chi connectivity index (χ1n) is 6.39. The molecule has 3 rings (SSSR count). The van der Waals surface area contributed by atoms with Gasteiger partial charge < -0.3 is 0 Å². The van der Waals surface area contributed by atoms with Crippen molar-refractivity contribution >= 4 is 5.57 Å². The summed E-state index contributed by atoms with van der Waals surface area (Å²) in [5.74, 6) is 0. The summed E-state index contributed by atoms with van der Waals surface area (Å²) in [4.78, 5) is 0. The van der Waals surface area contributed by atoms with Gasteiger partial charge in [0, 0.05) is 0 Å². The molecule has 0 N–H and O–H groups in total. The lowest BCUT2D eigenvalue weighted by Crippen LogP contribution is -2.08. The molecule has 0 aliphatic heterocycles. The zero-order chi connectivity index (χ0) is 14.3. The fraction of sp³-hybridized carbons (Fsp3) is 0.267. The second kappa shape index (κ2) is 4.51. The van der Waals surface area contributed by atoms with Gasteiger partial charge in [0.2, 0.25) is 0 Å². The summed E-state index contributed by atoms with van der Waals surface area (Å²) in [5.41, 5.74) is 3.02. The maximum absolute atomic E-state index is 12.6. The van der Waals surface area contributed by atoms with Gasteiger partial charge in [0.05, 0.1) is 23.1 Å². The zero-order valence-corrected chi connectivity index (χ0v) is 10.7. The van der Waals surface area contributed by atoms with Gasteiger partial charge in [-0.25, -0.2) is 4.68 Å². The fourth-order valence-corrected chi connectivity index (χ4v) is 2.54. The highest BCUT2D eigenvalue weighted by Gasteiger charge is 2.30. The Morgan fingerprint density at radius 1 is 1.10 bits per heavy atom. The normalized spacial score (nSPS) is 15.2. The standard InChI is InChI=1S/C15H13F3N2/c1-10-3-2-4-11-9-19-20(14(10)11)13-7-5-12(6-8-13)15(16,17)18/h5-9H,1-4H2. The van der Waals surface area contributed by atoms with Crippen molar-refractivity contribution < 1.29 is 13.2 Å². The molecule has 5 heteroatoms. The highest BCUT2D eigenvalue weighted by molar-refractivity contribution is 5.66. The summed E-state index contributed by atoms with van der Waals surface area (Å²) in [7, 11) is 0. The first kappa shape index (κ1) is 13.0. The second-order valence-electron chi connectivity index (χ2n) is 4.93. The molecule has 0 saturated heterocycles. The molecule has 1 heterocycles. The van der Waals surface area contributed by atoms with Gasteiger partial charge in [-0.1, -0.05) is 6.58 Å². The third-order valence-electron chi connectivity index (χ3n) is 3.54. The van der Waals surface area contributed by atoms with Gasteiger partial charge in [-0.3, -0.25) is 0 Å². The number of benzene rings is 1. The van der Waals surface area contributed by atoms with Crippen molar-refractivity contribution in [2.75, 3.05) is 0 Å². The molecule has 0 bridgehead atoms. The van der Waals surface area contributed by atoms with E-state index in [4.69, 9.17) is 0 Å². The predicted molar refractivity (Wildman–Crippen MR) is 70.5 cm³/mol. The van der Waals surface area contributed by atoms with Gasteiger partial charge in [-0.05, 0) is 54.7 Å². The van der Waals surface area contributed by atoms with Crippen LogP contribution in [0.5, 0.6) is 0 Å². The van der Waals surface area contributed by atoms with Gasteiger partial charge in [0.15, 0.2) is 0 Å². The van der Waals surface area contributed by atoms with Gasteiger partial charge in [0.25, 0.3) is 0 Å².